The average Bonchev–Trinajstić information content (AvgIpc) is 2.92. The van der Waals surface area contributed by atoms with Gasteiger partial charge in [-0.1, -0.05) is 36.0 Å². The zero-order valence-electron chi connectivity index (χ0n) is 11.3. The largest absolute Gasteiger partial charge is 0.371 e. The molecule has 101 valence electrons. The van der Waals surface area contributed by atoms with Gasteiger partial charge in [-0.05, 0) is 24.1 Å². The van der Waals surface area contributed by atoms with Gasteiger partial charge in [0.1, 0.15) is 4.87 Å². The minimum absolute atomic E-state index is 0.0228. The van der Waals surface area contributed by atoms with Gasteiger partial charge in [0, 0.05) is 38.9 Å². The highest BCUT2D eigenvalue weighted by Gasteiger charge is 2.36. The van der Waals surface area contributed by atoms with Crippen LogP contribution >= 0.6 is 11.8 Å². The van der Waals surface area contributed by atoms with E-state index in [1.54, 1.807) is 0 Å². The lowest BCUT2D eigenvalue weighted by Crippen LogP contribution is -2.51. The standard InChI is InChI=1S/C15H20N3S/c1-17-8-10-18(11-9-17)13-15(16-7-12-19-15)14-5-3-2-4-6-14/h3-7,12,16H,8-11,13H2,1H3. The van der Waals surface area contributed by atoms with Gasteiger partial charge in [0.25, 0.3) is 0 Å². The van der Waals surface area contributed by atoms with E-state index in [1.165, 1.54) is 5.56 Å². The zero-order valence-corrected chi connectivity index (χ0v) is 12.1. The highest BCUT2D eigenvalue weighted by Crippen LogP contribution is 2.39. The number of likely N-dealkylation sites (N-methyl/N-ethyl adjacent to an activating group) is 1. The number of nitrogens with zero attached hydrogens (tertiary/aromatic N) is 2. The molecule has 3 rings (SSSR count). The van der Waals surface area contributed by atoms with Crippen LogP contribution in [-0.2, 0) is 4.87 Å². The molecule has 0 saturated carbocycles. The third-order valence-corrected chi connectivity index (χ3v) is 5.04. The molecule has 0 aliphatic carbocycles. The van der Waals surface area contributed by atoms with Crippen LogP contribution in [0.15, 0.2) is 35.9 Å². The maximum atomic E-state index is 3.56. The molecule has 0 spiro atoms. The van der Waals surface area contributed by atoms with Gasteiger partial charge in [0.15, 0.2) is 0 Å². The van der Waals surface area contributed by atoms with Crippen LogP contribution in [-0.4, -0.2) is 49.6 Å². The fourth-order valence-electron chi connectivity index (χ4n) is 2.66. The Balaban J connectivity index is 1.75. The van der Waals surface area contributed by atoms with Crippen molar-refractivity contribution >= 4 is 11.8 Å². The van der Waals surface area contributed by atoms with E-state index < -0.39 is 0 Å². The Bertz CT molecular complexity index is 430. The Labute approximate surface area is 119 Å². The molecule has 1 aromatic rings. The van der Waals surface area contributed by atoms with E-state index in [2.05, 4.69) is 52.0 Å². The SMILES string of the molecule is CN1CCN(CC2(c3cc[c]cc3)NC=CS2)CC1. The van der Waals surface area contributed by atoms with Crippen molar-refractivity contribution in [2.75, 3.05) is 39.8 Å². The van der Waals surface area contributed by atoms with Crippen LogP contribution in [0.5, 0.6) is 0 Å². The molecule has 0 bridgehead atoms. The molecule has 1 atom stereocenters. The van der Waals surface area contributed by atoms with Crippen LogP contribution in [0.3, 0.4) is 0 Å². The molecule has 0 aromatic heterocycles. The summed E-state index contributed by atoms with van der Waals surface area (Å²) in [5.74, 6) is 0. The predicted molar refractivity (Wildman–Crippen MR) is 80.8 cm³/mol. The van der Waals surface area contributed by atoms with E-state index >= 15 is 0 Å². The number of piperazine rings is 1. The second-order valence-corrected chi connectivity index (χ2v) is 6.46. The Kier molecular flexibility index (Phi) is 3.82. The molecule has 1 saturated heterocycles. The summed E-state index contributed by atoms with van der Waals surface area (Å²) in [6.07, 6.45) is 2.07. The molecule has 1 radical (unpaired) electrons. The molecule has 0 amide bonds. The van der Waals surface area contributed by atoms with Crippen LogP contribution in [0.1, 0.15) is 5.56 Å². The summed E-state index contributed by atoms with van der Waals surface area (Å²) in [6, 6.07) is 11.4. The number of nitrogens with one attached hydrogen (secondary N) is 1. The van der Waals surface area contributed by atoms with E-state index in [1.807, 2.05) is 23.9 Å². The Morgan fingerprint density at radius 3 is 2.63 bits per heavy atom. The quantitative estimate of drug-likeness (QED) is 0.904. The van der Waals surface area contributed by atoms with Gasteiger partial charge in [-0.3, -0.25) is 4.90 Å². The maximum absolute atomic E-state index is 3.56. The van der Waals surface area contributed by atoms with Crippen LogP contribution in [0.4, 0.5) is 0 Å². The first-order valence-corrected chi connectivity index (χ1v) is 7.64. The molecule has 1 fully saturated rings. The van der Waals surface area contributed by atoms with Crippen molar-refractivity contribution in [3.8, 4) is 0 Å². The van der Waals surface area contributed by atoms with Crippen molar-refractivity contribution in [2.24, 2.45) is 0 Å². The van der Waals surface area contributed by atoms with Crippen molar-refractivity contribution in [3.05, 3.63) is 47.5 Å². The lowest BCUT2D eigenvalue weighted by Gasteiger charge is -2.39. The average molecular weight is 274 g/mol. The van der Waals surface area contributed by atoms with Crippen molar-refractivity contribution in [2.45, 2.75) is 4.87 Å². The smallest absolute Gasteiger partial charge is 0.126 e. The number of thioether (sulfide) groups is 1. The third-order valence-electron chi connectivity index (χ3n) is 3.88. The lowest BCUT2D eigenvalue weighted by atomic mass is 10.1. The fourth-order valence-corrected chi connectivity index (χ4v) is 3.69. The second kappa shape index (κ2) is 5.57. The zero-order chi connectivity index (χ0) is 13.1. The topological polar surface area (TPSA) is 18.5 Å². The number of hydrogen-bond acceptors (Lipinski definition) is 4. The Hall–Kier alpha value is -0.970. The van der Waals surface area contributed by atoms with Crippen molar-refractivity contribution in [1.82, 2.24) is 15.1 Å². The molecular formula is C15H20N3S. The molecule has 1 unspecified atom stereocenters. The lowest BCUT2D eigenvalue weighted by molar-refractivity contribution is 0.139. The summed E-state index contributed by atoms with van der Waals surface area (Å²) in [6.45, 7) is 5.68. The summed E-state index contributed by atoms with van der Waals surface area (Å²) in [5, 5.41) is 5.72. The van der Waals surface area contributed by atoms with Gasteiger partial charge >= 0.3 is 0 Å². The first-order valence-electron chi connectivity index (χ1n) is 6.77. The highest BCUT2D eigenvalue weighted by atomic mass is 32.2. The van der Waals surface area contributed by atoms with Crippen LogP contribution in [0.25, 0.3) is 0 Å². The summed E-state index contributed by atoms with van der Waals surface area (Å²) in [4.78, 5) is 4.93. The van der Waals surface area contributed by atoms with Gasteiger partial charge in [-0.25, -0.2) is 0 Å². The van der Waals surface area contributed by atoms with Gasteiger partial charge in [-0.15, -0.1) is 0 Å². The Morgan fingerprint density at radius 1 is 1.26 bits per heavy atom. The summed E-state index contributed by atoms with van der Waals surface area (Å²) in [5.41, 5.74) is 1.33. The number of rotatable bonds is 3. The van der Waals surface area contributed by atoms with Gasteiger partial charge in [-0.2, -0.15) is 0 Å². The Morgan fingerprint density at radius 2 is 2.00 bits per heavy atom. The second-order valence-electron chi connectivity index (χ2n) is 5.26. The number of benzene rings is 1. The fraction of sp³-hybridized carbons (Fsp3) is 0.467. The number of hydrogen-bond donors (Lipinski definition) is 1. The van der Waals surface area contributed by atoms with E-state index in [9.17, 15) is 0 Å². The monoisotopic (exact) mass is 274 g/mol. The molecule has 2 aliphatic heterocycles. The third kappa shape index (κ3) is 2.81. The van der Waals surface area contributed by atoms with Crippen molar-refractivity contribution in [1.29, 1.82) is 0 Å². The first kappa shape index (κ1) is 13.0. The normalized spacial score (nSPS) is 28.5. The van der Waals surface area contributed by atoms with E-state index in [0.29, 0.717) is 0 Å². The van der Waals surface area contributed by atoms with E-state index in [-0.39, 0.29) is 4.87 Å². The minimum Gasteiger partial charge on any atom is -0.371 e. The van der Waals surface area contributed by atoms with E-state index in [0.717, 1.165) is 32.7 Å². The molecule has 2 aliphatic rings. The van der Waals surface area contributed by atoms with Crippen LogP contribution in [0, 0.1) is 6.07 Å². The molecule has 1 N–H and O–H groups in total. The molecule has 3 nitrogen and oxygen atoms in total. The van der Waals surface area contributed by atoms with Crippen LogP contribution < -0.4 is 5.32 Å². The van der Waals surface area contributed by atoms with Crippen molar-refractivity contribution < 1.29 is 0 Å². The molecule has 1 aromatic carbocycles. The summed E-state index contributed by atoms with van der Waals surface area (Å²) >= 11 is 1.88. The van der Waals surface area contributed by atoms with Crippen LogP contribution in [0.2, 0.25) is 0 Å². The first-order chi connectivity index (χ1) is 9.28. The van der Waals surface area contributed by atoms with Crippen molar-refractivity contribution in [3.63, 3.8) is 0 Å². The highest BCUT2D eigenvalue weighted by molar-refractivity contribution is 8.03. The predicted octanol–water partition coefficient (Wildman–Crippen LogP) is 1.69. The molecule has 2 heterocycles. The minimum atomic E-state index is -0.0228. The van der Waals surface area contributed by atoms with E-state index in [4.69, 9.17) is 0 Å². The maximum Gasteiger partial charge on any atom is 0.126 e. The van der Waals surface area contributed by atoms with Gasteiger partial charge < -0.3 is 10.2 Å². The molecule has 4 heteroatoms. The van der Waals surface area contributed by atoms with Gasteiger partial charge in [0.2, 0.25) is 0 Å². The summed E-state index contributed by atoms with van der Waals surface area (Å²) < 4.78 is 0. The van der Waals surface area contributed by atoms with Gasteiger partial charge in [0.05, 0.1) is 0 Å². The summed E-state index contributed by atoms with van der Waals surface area (Å²) in [7, 11) is 2.20. The molecule has 19 heavy (non-hydrogen) atoms. The molecular weight excluding hydrogens is 254 g/mol.